The Balaban J connectivity index is 2.55. The monoisotopic (exact) mass is 206 g/mol. The molecule has 14 heavy (non-hydrogen) atoms. The molecule has 0 aliphatic rings. The van der Waals surface area contributed by atoms with Crippen LogP contribution in [-0.4, -0.2) is 17.0 Å². The molecule has 0 aliphatic heterocycles. The van der Waals surface area contributed by atoms with Crippen molar-refractivity contribution < 1.29 is 4.42 Å². The molecule has 0 atom stereocenters. The number of oxazole rings is 1. The minimum absolute atomic E-state index is 0.674. The van der Waals surface area contributed by atoms with Gasteiger partial charge in [-0.2, -0.15) is 0 Å². The maximum Gasteiger partial charge on any atom is 0.192 e. The standard InChI is InChI=1S/C10H10N2OS/c1-6-12-8-5-7(10(14)11-2)3-4-9(8)13-6/h3-5H,1-2H3,(H,11,14). The molecule has 1 N–H and O–H groups in total. The van der Waals surface area contributed by atoms with Crippen LogP contribution < -0.4 is 5.32 Å². The van der Waals surface area contributed by atoms with Crippen molar-refractivity contribution in [3.05, 3.63) is 29.7 Å². The van der Waals surface area contributed by atoms with E-state index in [1.165, 1.54) is 0 Å². The van der Waals surface area contributed by atoms with Gasteiger partial charge in [-0.25, -0.2) is 4.98 Å². The van der Waals surface area contributed by atoms with Crippen LogP contribution >= 0.6 is 12.2 Å². The maximum atomic E-state index is 5.36. The predicted octanol–water partition coefficient (Wildman–Crippen LogP) is 2.03. The highest BCUT2D eigenvalue weighted by Crippen LogP contribution is 2.16. The van der Waals surface area contributed by atoms with Gasteiger partial charge in [0.2, 0.25) is 0 Å². The van der Waals surface area contributed by atoms with Crippen molar-refractivity contribution in [2.75, 3.05) is 7.05 Å². The lowest BCUT2D eigenvalue weighted by molar-refractivity contribution is 0.561. The van der Waals surface area contributed by atoms with Gasteiger partial charge in [0.15, 0.2) is 11.5 Å². The number of rotatable bonds is 1. The van der Waals surface area contributed by atoms with Crippen molar-refractivity contribution in [1.82, 2.24) is 10.3 Å². The van der Waals surface area contributed by atoms with E-state index >= 15 is 0 Å². The number of fused-ring (bicyclic) bond motifs is 1. The number of aromatic nitrogens is 1. The van der Waals surface area contributed by atoms with Gasteiger partial charge < -0.3 is 9.73 Å². The summed E-state index contributed by atoms with van der Waals surface area (Å²) in [6.07, 6.45) is 0. The molecular formula is C10H10N2OS. The van der Waals surface area contributed by atoms with Crippen molar-refractivity contribution in [3.8, 4) is 0 Å². The summed E-state index contributed by atoms with van der Waals surface area (Å²) in [5, 5.41) is 2.93. The number of thiocarbonyl (C=S) groups is 1. The van der Waals surface area contributed by atoms with Gasteiger partial charge in [0, 0.05) is 19.5 Å². The van der Waals surface area contributed by atoms with Gasteiger partial charge >= 0.3 is 0 Å². The summed E-state index contributed by atoms with van der Waals surface area (Å²) in [5.41, 5.74) is 2.60. The van der Waals surface area contributed by atoms with Gasteiger partial charge in [0.1, 0.15) is 10.5 Å². The topological polar surface area (TPSA) is 38.1 Å². The van der Waals surface area contributed by atoms with E-state index in [-0.39, 0.29) is 0 Å². The highest BCUT2D eigenvalue weighted by molar-refractivity contribution is 7.80. The summed E-state index contributed by atoms with van der Waals surface area (Å²) in [6, 6.07) is 5.73. The van der Waals surface area contributed by atoms with Crippen LogP contribution in [0.2, 0.25) is 0 Å². The molecule has 0 radical (unpaired) electrons. The Morgan fingerprint density at radius 1 is 1.50 bits per heavy atom. The third-order valence-electron chi connectivity index (χ3n) is 1.98. The molecule has 1 aromatic heterocycles. The molecule has 0 spiro atoms. The highest BCUT2D eigenvalue weighted by atomic mass is 32.1. The third kappa shape index (κ3) is 1.48. The molecule has 3 nitrogen and oxygen atoms in total. The summed E-state index contributed by atoms with van der Waals surface area (Å²) >= 11 is 5.12. The SMILES string of the molecule is CNC(=S)c1ccc2oc(C)nc2c1. The predicted molar refractivity (Wildman–Crippen MR) is 59.5 cm³/mol. The lowest BCUT2D eigenvalue weighted by atomic mass is 10.2. The molecule has 1 aromatic carbocycles. The average molecular weight is 206 g/mol. The summed E-state index contributed by atoms with van der Waals surface area (Å²) in [4.78, 5) is 4.95. The van der Waals surface area contributed by atoms with Crippen molar-refractivity contribution in [2.24, 2.45) is 0 Å². The fourth-order valence-electron chi connectivity index (χ4n) is 1.33. The normalized spacial score (nSPS) is 10.4. The van der Waals surface area contributed by atoms with Gasteiger partial charge in [-0.3, -0.25) is 0 Å². The second kappa shape index (κ2) is 3.38. The van der Waals surface area contributed by atoms with Crippen LogP contribution in [0.4, 0.5) is 0 Å². The van der Waals surface area contributed by atoms with E-state index in [4.69, 9.17) is 16.6 Å². The van der Waals surface area contributed by atoms with E-state index in [0.717, 1.165) is 16.7 Å². The minimum atomic E-state index is 0.674. The Kier molecular flexibility index (Phi) is 2.21. The van der Waals surface area contributed by atoms with Crippen LogP contribution in [0.1, 0.15) is 11.5 Å². The van der Waals surface area contributed by atoms with Crippen molar-refractivity contribution >= 4 is 28.3 Å². The number of nitrogens with zero attached hydrogens (tertiary/aromatic N) is 1. The van der Waals surface area contributed by atoms with Crippen molar-refractivity contribution in [2.45, 2.75) is 6.92 Å². The first-order valence-corrected chi connectivity index (χ1v) is 4.71. The largest absolute Gasteiger partial charge is 0.441 e. The van der Waals surface area contributed by atoms with E-state index in [0.29, 0.717) is 10.9 Å². The molecule has 0 saturated carbocycles. The summed E-state index contributed by atoms with van der Waals surface area (Å²) in [6.45, 7) is 1.83. The van der Waals surface area contributed by atoms with Gasteiger partial charge in [0.05, 0.1) is 0 Å². The lowest BCUT2D eigenvalue weighted by Gasteiger charge is -2.00. The average Bonchev–Trinajstić information content (AvgIpc) is 2.55. The van der Waals surface area contributed by atoms with Gasteiger partial charge in [-0.15, -0.1) is 0 Å². The molecule has 0 saturated heterocycles. The third-order valence-corrected chi connectivity index (χ3v) is 2.42. The van der Waals surface area contributed by atoms with Gasteiger partial charge in [0.25, 0.3) is 0 Å². The van der Waals surface area contributed by atoms with E-state index in [9.17, 15) is 0 Å². The number of aryl methyl sites for hydroxylation is 1. The van der Waals surface area contributed by atoms with Crippen LogP contribution in [-0.2, 0) is 0 Å². The van der Waals surface area contributed by atoms with Crippen LogP contribution in [0.15, 0.2) is 22.6 Å². The smallest absolute Gasteiger partial charge is 0.192 e. The second-order valence-corrected chi connectivity index (χ2v) is 3.40. The van der Waals surface area contributed by atoms with E-state index in [1.807, 2.05) is 25.1 Å². The fraction of sp³-hybridized carbons (Fsp3) is 0.200. The first-order valence-electron chi connectivity index (χ1n) is 4.30. The molecule has 0 fully saturated rings. The molecule has 72 valence electrons. The first kappa shape index (κ1) is 9.15. The van der Waals surface area contributed by atoms with E-state index < -0.39 is 0 Å². The van der Waals surface area contributed by atoms with Crippen LogP contribution in [0, 0.1) is 6.92 Å². The Labute approximate surface area is 87.1 Å². The molecule has 2 aromatic rings. The Hall–Kier alpha value is -1.42. The zero-order chi connectivity index (χ0) is 10.1. The number of benzene rings is 1. The molecule has 2 rings (SSSR count). The molecule has 4 heteroatoms. The second-order valence-electron chi connectivity index (χ2n) is 2.99. The Morgan fingerprint density at radius 3 is 3.00 bits per heavy atom. The quantitative estimate of drug-likeness (QED) is 0.724. The van der Waals surface area contributed by atoms with E-state index in [1.54, 1.807) is 7.05 Å². The number of hydrogen-bond donors (Lipinski definition) is 1. The summed E-state index contributed by atoms with van der Waals surface area (Å²) in [7, 11) is 1.81. The van der Waals surface area contributed by atoms with Gasteiger partial charge in [-0.05, 0) is 18.2 Å². The van der Waals surface area contributed by atoms with Crippen LogP contribution in [0.3, 0.4) is 0 Å². The van der Waals surface area contributed by atoms with E-state index in [2.05, 4.69) is 10.3 Å². The van der Waals surface area contributed by atoms with Crippen LogP contribution in [0.25, 0.3) is 11.1 Å². The zero-order valence-corrected chi connectivity index (χ0v) is 8.81. The maximum absolute atomic E-state index is 5.36. The Morgan fingerprint density at radius 2 is 2.29 bits per heavy atom. The minimum Gasteiger partial charge on any atom is -0.441 e. The Bertz CT molecular complexity index is 490. The van der Waals surface area contributed by atoms with Crippen molar-refractivity contribution in [1.29, 1.82) is 0 Å². The zero-order valence-electron chi connectivity index (χ0n) is 8.00. The molecule has 0 amide bonds. The molecule has 0 aliphatic carbocycles. The van der Waals surface area contributed by atoms with Crippen molar-refractivity contribution in [3.63, 3.8) is 0 Å². The first-order chi connectivity index (χ1) is 6.70. The fourth-order valence-corrected chi connectivity index (χ4v) is 1.46. The molecule has 1 heterocycles. The molecule has 0 bridgehead atoms. The summed E-state index contributed by atoms with van der Waals surface area (Å²) in [5.74, 6) is 0.674. The molecular weight excluding hydrogens is 196 g/mol. The highest BCUT2D eigenvalue weighted by Gasteiger charge is 2.04. The molecule has 0 unspecified atom stereocenters. The number of hydrogen-bond acceptors (Lipinski definition) is 3. The summed E-state index contributed by atoms with van der Waals surface area (Å²) < 4.78 is 5.36. The van der Waals surface area contributed by atoms with Gasteiger partial charge in [-0.1, -0.05) is 12.2 Å². The van der Waals surface area contributed by atoms with Crippen LogP contribution in [0.5, 0.6) is 0 Å². The number of nitrogens with one attached hydrogen (secondary N) is 1. The lowest BCUT2D eigenvalue weighted by Crippen LogP contribution is -2.16.